The highest BCUT2D eigenvalue weighted by Gasteiger charge is 2.58. The van der Waals surface area contributed by atoms with Crippen molar-refractivity contribution in [3.8, 4) is 0 Å². The van der Waals surface area contributed by atoms with E-state index < -0.39 is 0 Å². The lowest BCUT2D eigenvalue weighted by atomic mass is 9.85. The van der Waals surface area contributed by atoms with E-state index >= 15 is 0 Å². The molecule has 0 aromatic rings. The molecule has 2 bridgehead atoms. The topological polar surface area (TPSA) is 77.0 Å². The highest BCUT2D eigenvalue weighted by molar-refractivity contribution is 6.06. The standard InChI is InChI=1S/C19H31N5O2/c1-4-20-19(21-8-10-23(3)5-2)22-9-11-24-17(25)15-13-6-7-14(12-13)16(15)18(24)26/h6-7,13-16H,4-5,8-12H2,1-3H3,(H2,20,21,22). The minimum atomic E-state index is -0.107. The Morgan fingerprint density at radius 3 is 2.42 bits per heavy atom. The van der Waals surface area contributed by atoms with Crippen molar-refractivity contribution >= 4 is 17.8 Å². The van der Waals surface area contributed by atoms with Crippen LogP contribution in [0.15, 0.2) is 17.1 Å². The third-order valence-electron chi connectivity index (χ3n) is 5.83. The number of allylic oxidation sites excluding steroid dienone is 2. The Morgan fingerprint density at radius 1 is 1.19 bits per heavy atom. The van der Waals surface area contributed by atoms with E-state index in [4.69, 9.17) is 0 Å². The number of carbonyl (C=O) groups is 2. The molecule has 26 heavy (non-hydrogen) atoms. The van der Waals surface area contributed by atoms with Gasteiger partial charge in [-0.25, -0.2) is 0 Å². The Balaban J connectivity index is 1.49. The first-order valence-electron chi connectivity index (χ1n) is 9.81. The molecular weight excluding hydrogens is 330 g/mol. The molecule has 4 unspecified atom stereocenters. The Bertz CT molecular complexity index is 573. The third-order valence-corrected chi connectivity index (χ3v) is 5.83. The number of likely N-dealkylation sites (tertiary alicyclic amines) is 1. The first kappa shape index (κ1) is 18.9. The first-order valence-corrected chi connectivity index (χ1v) is 9.81. The predicted octanol–water partition coefficient (Wildman–Crippen LogP) is 0.300. The molecule has 0 spiro atoms. The van der Waals surface area contributed by atoms with Gasteiger partial charge in [-0.1, -0.05) is 19.1 Å². The third kappa shape index (κ3) is 3.63. The van der Waals surface area contributed by atoms with E-state index in [1.54, 1.807) is 0 Å². The summed E-state index contributed by atoms with van der Waals surface area (Å²) < 4.78 is 0. The highest BCUT2D eigenvalue weighted by atomic mass is 16.2. The van der Waals surface area contributed by atoms with Gasteiger partial charge in [-0.05, 0) is 38.8 Å². The quantitative estimate of drug-likeness (QED) is 0.281. The van der Waals surface area contributed by atoms with E-state index in [0.717, 1.165) is 32.0 Å². The van der Waals surface area contributed by atoms with Crippen LogP contribution in [-0.2, 0) is 9.59 Å². The van der Waals surface area contributed by atoms with E-state index in [1.807, 2.05) is 6.92 Å². The summed E-state index contributed by atoms with van der Waals surface area (Å²) in [7, 11) is 2.07. The average molecular weight is 361 g/mol. The second-order valence-corrected chi connectivity index (χ2v) is 7.41. The maximum atomic E-state index is 12.7. The summed E-state index contributed by atoms with van der Waals surface area (Å²) in [4.78, 5) is 33.5. The molecule has 144 valence electrons. The van der Waals surface area contributed by atoms with Crippen LogP contribution < -0.4 is 10.6 Å². The fourth-order valence-corrected chi connectivity index (χ4v) is 4.30. The number of imide groups is 1. The van der Waals surface area contributed by atoms with E-state index in [9.17, 15) is 9.59 Å². The summed E-state index contributed by atoms with van der Waals surface area (Å²) in [6.07, 6.45) is 5.23. The number of guanidine groups is 1. The molecule has 1 aliphatic heterocycles. The minimum absolute atomic E-state index is 0.0187. The lowest BCUT2D eigenvalue weighted by molar-refractivity contribution is -0.140. The molecule has 3 rings (SSSR count). The summed E-state index contributed by atoms with van der Waals surface area (Å²) in [6, 6.07) is 0. The van der Waals surface area contributed by atoms with E-state index in [1.165, 1.54) is 4.90 Å². The Labute approximate surface area is 155 Å². The molecule has 3 aliphatic rings. The lowest BCUT2D eigenvalue weighted by Gasteiger charge is -2.19. The Hall–Kier alpha value is -1.89. The van der Waals surface area contributed by atoms with Crippen molar-refractivity contribution in [1.82, 2.24) is 20.4 Å². The van der Waals surface area contributed by atoms with Gasteiger partial charge in [-0.2, -0.15) is 0 Å². The highest BCUT2D eigenvalue weighted by Crippen LogP contribution is 2.52. The van der Waals surface area contributed by atoms with Gasteiger partial charge in [0.15, 0.2) is 5.96 Å². The Kier molecular flexibility index (Phi) is 5.96. The monoisotopic (exact) mass is 361 g/mol. The van der Waals surface area contributed by atoms with Crippen LogP contribution >= 0.6 is 0 Å². The second kappa shape index (κ2) is 8.20. The molecule has 2 aliphatic carbocycles. The average Bonchev–Trinajstić information content (AvgIpc) is 3.30. The van der Waals surface area contributed by atoms with Crippen molar-refractivity contribution in [3.63, 3.8) is 0 Å². The largest absolute Gasteiger partial charge is 0.357 e. The molecule has 0 aromatic heterocycles. The molecule has 1 heterocycles. The number of fused-ring (bicyclic) bond motifs is 5. The van der Waals surface area contributed by atoms with Crippen molar-refractivity contribution in [1.29, 1.82) is 0 Å². The van der Waals surface area contributed by atoms with Crippen LogP contribution in [0.2, 0.25) is 0 Å². The second-order valence-electron chi connectivity index (χ2n) is 7.41. The normalized spacial score (nSPS) is 29.8. The van der Waals surface area contributed by atoms with Crippen molar-refractivity contribution in [3.05, 3.63) is 12.2 Å². The molecular formula is C19H31N5O2. The van der Waals surface area contributed by atoms with Crippen LogP contribution in [-0.4, -0.2) is 73.9 Å². The van der Waals surface area contributed by atoms with Crippen LogP contribution in [0.4, 0.5) is 0 Å². The van der Waals surface area contributed by atoms with E-state index in [-0.39, 0.29) is 35.5 Å². The fourth-order valence-electron chi connectivity index (χ4n) is 4.30. The summed E-state index contributed by atoms with van der Waals surface area (Å²) in [5, 5.41) is 6.45. The molecule has 1 saturated carbocycles. The maximum Gasteiger partial charge on any atom is 0.233 e. The number of nitrogens with one attached hydrogen (secondary N) is 2. The maximum absolute atomic E-state index is 12.7. The number of carbonyl (C=O) groups excluding carboxylic acids is 2. The zero-order valence-electron chi connectivity index (χ0n) is 16.1. The number of hydrogen-bond acceptors (Lipinski definition) is 4. The van der Waals surface area contributed by atoms with Gasteiger partial charge in [0.1, 0.15) is 0 Å². The van der Waals surface area contributed by atoms with Gasteiger partial charge in [0.2, 0.25) is 11.8 Å². The molecule has 2 N–H and O–H groups in total. The molecule has 0 radical (unpaired) electrons. The molecule has 1 saturated heterocycles. The number of nitrogens with zero attached hydrogens (tertiary/aromatic N) is 3. The molecule has 4 atom stereocenters. The lowest BCUT2D eigenvalue weighted by Crippen LogP contribution is -2.44. The number of amides is 2. The van der Waals surface area contributed by atoms with Gasteiger partial charge in [-0.3, -0.25) is 19.5 Å². The molecule has 0 aromatic carbocycles. The molecule has 7 heteroatoms. The molecule has 2 fully saturated rings. The van der Waals surface area contributed by atoms with Crippen LogP contribution in [0.5, 0.6) is 0 Å². The van der Waals surface area contributed by atoms with Gasteiger partial charge in [-0.15, -0.1) is 0 Å². The number of rotatable bonds is 8. The number of hydrogen-bond donors (Lipinski definition) is 2. The fraction of sp³-hybridized carbons (Fsp3) is 0.737. The first-order chi connectivity index (χ1) is 12.6. The van der Waals surface area contributed by atoms with Crippen LogP contribution in [0.25, 0.3) is 0 Å². The van der Waals surface area contributed by atoms with Gasteiger partial charge in [0.05, 0.1) is 18.4 Å². The van der Waals surface area contributed by atoms with Gasteiger partial charge < -0.3 is 15.5 Å². The van der Waals surface area contributed by atoms with Crippen LogP contribution in [0.1, 0.15) is 20.3 Å². The summed E-state index contributed by atoms with van der Waals surface area (Å²) in [5.74, 6) is 1.10. The summed E-state index contributed by atoms with van der Waals surface area (Å²) in [6.45, 7) is 8.45. The van der Waals surface area contributed by atoms with Crippen LogP contribution in [0.3, 0.4) is 0 Å². The van der Waals surface area contributed by atoms with Crippen molar-refractivity contribution in [2.45, 2.75) is 20.3 Å². The molecule has 2 amide bonds. The van der Waals surface area contributed by atoms with Crippen LogP contribution in [0, 0.1) is 23.7 Å². The van der Waals surface area contributed by atoms with Gasteiger partial charge in [0, 0.05) is 26.2 Å². The summed E-state index contributed by atoms with van der Waals surface area (Å²) >= 11 is 0. The van der Waals surface area contributed by atoms with E-state index in [0.29, 0.717) is 19.6 Å². The predicted molar refractivity (Wildman–Crippen MR) is 102 cm³/mol. The Morgan fingerprint density at radius 2 is 1.85 bits per heavy atom. The number of likely N-dealkylation sites (N-methyl/N-ethyl adjacent to an activating group) is 1. The van der Waals surface area contributed by atoms with Crippen molar-refractivity contribution in [2.75, 3.05) is 46.3 Å². The van der Waals surface area contributed by atoms with E-state index in [2.05, 4.69) is 46.6 Å². The van der Waals surface area contributed by atoms with Gasteiger partial charge in [0.25, 0.3) is 0 Å². The smallest absolute Gasteiger partial charge is 0.233 e. The zero-order valence-corrected chi connectivity index (χ0v) is 16.1. The van der Waals surface area contributed by atoms with Crippen molar-refractivity contribution in [2.24, 2.45) is 28.7 Å². The number of aliphatic imine (C=N–C) groups is 1. The van der Waals surface area contributed by atoms with Crippen molar-refractivity contribution < 1.29 is 9.59 Å². The summed E-state index contributed by atoms with van der Waals surface area (Å²) in [5.41, 5.74) is 0. The zero-order chi connectivity index (χ0) is 18.7. The SMILES string of the molecule is CCNC(=NCCN(C)CC)NCCN1C(=O)C2C3C=CC(C3)C2C1=O. The molecule has 7 nitrogen and oxygen atoms in total. The van der Waals surface area contributed by atoms with Gasteiger partial charge >= 0.3 is 0 Å². The minimum Gasteiger partial charge on any atom is -0.357 e.